The molecule has 3 heterocycles. The summed E-state index contributed by atoms with van der Waals surface area (Å²) in [6.45, 7) is 2.93. The number of aromatic amines is 1. The summed E-state index contributed by atoms with van der Waals surface area (Å²) in [6.07, 6.45) is 5.75. The van der Waals surface area contributed by atoms with Crippen LogP contribution in [0.15, 0.2) is 40.4 Å². The Labute approximate surface area is 177 Å². The molecule has 1 N–H and O–H groups in total. The van der Waals surface area contributed by atoms with Crippen LogP contribution in [0, 0.1) is 0 Å². The molecule has 4 rings (SSSR count). The van der Waals surface area contributed by atoms with Gasteiger partial charge in [-0.2, -0.15) is 5.10 Å². The third-order valence-corrected chi connectivity index (χ3v) is 6.35. The molecule has 29 heavy (non-hydrogen) atoms. The van der Waals surface area contributed by atoms with Gasteiger partial charge < -0.3 is 9.88 Å². The number of halogens is 1. The average Bonchev–Trinajstić information content (AvgIpc) is 3.17. The number of nitrogens with zero attached hydrogens (tertiary/aromatic N) is 4. The van der Waals surface area contributed by atoms with Crippen LogP contribution in [0.3, 0.4) is 0 Å². The van der Waals surface area contributed by atoms with Gasteiger partial charge in [0.15, 0.2) is 10.8 Å². The summed E-state index contributed by atoms with van der Waals surface area (Å²) >= 11 is 7.21. The number of hydrogen-bond donors (Lipinski definition) is 1. The number of carbonyl (C=O) groups is 1. The molecular weight excluding hydrogens is 410 g/mol. The van der Waals surface area contributed by atoms with Gasteiger partial charge in [-0.15, -0.1) is 0 Å². The highest BCUT2D eigenvalue weighted by atomic mass is 35.5. The minimum Gasteiger partial charge on any atom is -0.339 e. The number of benzene rings is 1. The fourth-order valence-electron chi connectivity index (χ4n) is 3.70. The van der Waals surface area contributed by atoms with Gasteiger partial charge in [-0.1, -0.05) is 30.3 Å². The largest absolute Gasteiger partial charge is 0.339 e. The van der Waals surface area contributed by atoms with Gasteiger partial charge >= 0.3 is 0 Å². The highest BCUT2D eigenvalue weighted by molar-refractivity contribution is 7.99. The molecule has 0 aliphatic carbocycles. The highest BCUT2D eigenvalue weighted by Crippen LogP contribution is 2.23. The van der Waals surface area contributed by atoms with E-state index in [1.807, 2.05) is 17.0 Å². The summed E-state index contributed by atoms with van der Waals surface area (Å²) in [7, 11) is 0. The summed E-state index contributed by atoms with van der Waals surface area (Å²) in [5.74, 6) is 0.343. The van der Waals surface area contributed by atoms with Crippen molar-refractivity contribution >= 4 is 40.3 Å². The fourth-order valence-corrected chi connectivity index (χ4v) is 4.57. The number of carbonyl (C=O) groups excluding carboxylic acids is 1. The van der Waals surface area contributed by atoms with Crippen molar-refractivity contribution in [1.82, 2.24) is 24.6 Å². The lowest BCUT2D eigenvalue weighted by molar-refractivity contribution is -0.132. The summed E-state index contributed by atoms with van der Waals surface area (Å²) in [5.41, 5.74) is 0.943. The zero-order valence-electron chi connectivity index (χ0n) is 16.1. The molecule has 1 amide bonds. The number of H-pyrrole nitrogens is 1. The second-order valence-electron chi connectivity index (χ2n) is 7.07. The first-order valence-electron chi connectivity index (χ1n) is 9.73. The van der Waals surface area contributed by atoms with Crippen molar-refractivity contribution < 1.29 is 4.79 Å². The number of aromatic nitrogens is 4. The van der Waals surface area contributed by atoms with E-state index in [9.17, 15) is 9.59 Å². The maximum absolute atomic E-state index is 12.7. The lowest BCUT2D eigenvalue weighted by atomic mass is 10.0. The number of fused-ring (bicyclic) bond motifs is 1. The van der Waals surface area contributed by atoms with Crippen molar-refractivity contribution in [3.63, 3.8) is 0 Å². The zero-order chi connectivity index (χ0) is 20.4. The van der Waals surface area contributed by atoms with Crippen molar-refractivity contribution in [3.8, 4) is 5.69 Å². The van der Waals surface area contributed by atoms with E-state index in [1.165, 1.54) is 24.4 Å². The first kappa shape index (κ1) is 20.0. The molecule has 0 unspecified atom stereocenters. The van der Waals surface area contributed by atoms with Crippen LogP contribution >= 0.6 is 23.4 Å². The van der Waals surface area contributed by atoms with Crippen LogP contribution in [0.4, 0.5) is 0 Å². The molecule has 0 spiro atoms. The normalized spacial score (nSPS) is 17.0. The summed E-state index contributed by atoms with van der Waals surface area (Å²) in [4.78, 5) is 34.5. The van der Waals surface area contributed by atoms with Gasteiger partial charge in [-0.25, -0.2) is 9.67 Å². The molecular formula is C20H22ClN5O2S. The standard InChI is InChI=1S/C20H22ClN5O2S/c1-2-14-5-3-4-10-25(14)17(27)12-29-20-23-18-16(19(28)24-20)11-22-26(18)15-8-6-13(21)7-9-15/h6-9,11,14H,2-5,10,12H2,1H3,(H,23,24,28)/t14-/m0/s1. The minimum absolute atomic E-state index is 0.0931. The molecule has 1 saturated heterocycles. The molecule has 1 atom stereocenters. The van der Waals surface area contributed by atoms with E-state index < -0.39 is 0 Å². The van der Waals surface area contributed by atoms with Crippen molar-refractivity contribution in [2.45, 2.75) is 43.8 Å². The second kappa shape index (κ2) is 8.59. The number of piperidine rings is 1. The Morgan fingerprint density at radius 2 is 2.10 bits per heavy atom. The Morgan fingerprint density at radius 3 is 2.86 bits per heavy atom. The second-order valence-corrected chi connectivity index (χ2v) is 8.48. The number of likely N-dealkylation sites (tertiary alicyclic amines) is 1. The van der Waals surface area contributed by atoms with Crippen LogP contribution in [0.5, 0.6) is 0 Å². The molecule has 1 fully saturated rings. The van der Waals surface area contributed by atoms with Crippen molar-refractivity contribution in [2.24, 2.45) is 0 Å². The summed E-state index contributed by atoms with van der Waals surface area (Å²) in [6, 6.07) is 7.46. The van der Waals surface area contributed by atoms with Crippen molar-refractivity contribution in [1.29, 1.82) is 0 Å². The van der Waals surface area contributed by atoms with E-state index in [0.29, 0.717) is 27.3 Å². The van der Waals surface area contributed by atoms with E-state index in [1.54, 1.807) is 16.8 Å². The van der Waals surface area contributed by atoms with E-state index in [-0.39, 0.29) is 17.2 Å². The maximum Gasteiger partial charge on any atom is 0.262 e. The molecule has 2 aromatic heterocycles. The van der Waals surface area contributed by atoms with Crippen LogP contribution in [0.1, 0.15) is 32.6 Å². The topological polar surface area (TPSA) is 83.9 Å². The van der Waals surface area contributed by atoms with Crippen LogP contribution < -0.4 is 5.56 Å². The third-order valence-electron chi connectivity index (χ3n) is 5.24. The third kappa shape index (κ3) is 4.18. The van der Waals surface area contributed by atoms with Gasteiger partial charge in [0.2, 0.25) is 5.91 Å². The smallest absolute Gasteiger partial charge is 0.262 e. The first-order valence-corrected chi connectivity index (χ1v) is 11.1. The van der Waals surface area contributed by atoms with Gasteiger partial charge in [0.25, 0.3) is 5.56 Å². The van der Waals surface area contributed by atoms with Crippen LogP contribution in [0.2, 0.25) is 5.02 Å². The SMILES string of the molecule is CC[C@H]1CCCCN1C(=O)CSc1nc2c(cnn2-c2ccc(Cl)cc2)c(=O)[nH]1. The van der Waals surface area contributed by atoms with E-state index in [0.717, 1.165) is 31.5 Å². The van der Waals surface area contributed by atoms with Crippen molar-refractivity contribution in [2.75, 3.05) is 12.3 Å². The summed E-state index contributed by atoms with van der Waals surface area (Å²) < 4.78 is 1.60. The zero-order valence-corrected chi connectivity index (χ0v) is 17.7. The predicted octanol–water partition coefficient (Wildman–Crippen LogP) is 3.65. The molecule has 0 bridgehead atoms. The average molecular weight is 432 g/mol. The molecule has 9 heteroatoms. The lowest BCUT2D eigenvalue weighted by Gasteiger charge is -2.35. The fraction of sp³-hybridized carbons (Fsp3) is 0.400. The van der Waals surface area contributed by atoms with Gasteiger partial charge in [0, 0.05) is 17.6 Å². The van der Waals surface area contributed by atoms with Crippen LogP contribution in [-0.2, 0) is 4.79 Å². The van der Waals surface area contributed by atoms with E-state index in [2.05, 4.69) is 22.0 Å². The molecule has 0 radical (unpaired) electrons. The Bertz CT molecular complexity index is 1080. The van der Waals surface area contributed by atoms with E-state index in [4.69, 9.17) is 11.6 Å². The first-order chi connectivity index (χ1) is 14.1. The highest BCUT2D eigenvalue weighted by Gasteiger charge is 2.25. The monoisotopic (exact) mass is 431 g/mol. The Kier molecular flexibility index (Phi) is 5.91. The van der Waals surface area contributed by atoms with Crippen LogP contribution in [-0.4, -0.2) is 48.9 Å². The molecule has 1 aliphatic heterocycles. The predicted molar refractivity (Wildman–Crippen MR) is 115 cm³/mol. The number of thioether (sulfide) groups is 1. The lowest BCUT2D eigenvalue weighted by Crippen LogP contribution is -2.44. The van der Waals surface area contributed by atoms with Gasteiger partial charge in [0.1, 0.15) is 5.39 Å². The van der Waals surface area contributed by atoms with Crippen LogP contribution in [0.25, 0.3) is 16.7 Å². The molecule has 3 aromatic rings. The quantitative estimate of drug-likeness (QED) is 0.492. The molecule has 1 aliphatic rings. The van der Waals surface area contributed by atoms with Gasteiger partial charge in [0.05, 0.1) is 17.6 Å². The summed E-state index contributed by atoms with van der Waals surface area (Å²) in [5, 5.41) is 5.73. The van der Waals surface area contributed by atoms with Crippen molar-refractivity contribution in [3.05, 3.63) is 45.8 Å². The molecule has 7 nitrogen and oxygen atoms in total. The maximum atomic E-state index is 12.7. The Hall–Kier alpha value is -2.32. The molecule has 152 valence electrons. The molecule has 1 aromatic carbocycles. The number of amides is 1. The number of hydrogen-bond acceptors (Lipinski definition) is 5. The number of nitrogens with one attached hydrogen (secondary N) is 1. The van der Waals surface area contributed by atoms with E-state index >= 15 is 0 Å². The Balaban J connectivity index is 1.56. The number of rotatable bonds is 5. The minimum atomic E-state index is -0.269. The molecule has 0 saturated carbocycles. The van der Waals surface area contributed by atoms with Gasteiger partial charge in [-0.3, -0.25) is 9.59 Å². The van der Waals surface area contributed by atoms with Gasteiger partial charge in [-0.05, 0) is 49.9 Å². The Morgan fingerprint density at radius 1 is 1.31 bits per heavy atom.